The summed E-state index contributed by atoms with van der Waals surface area (Å²) in [7, 11) is -3.70. The number of ether oxygens (including phenoxy) is 3. The molecule has 10 heteroatoms. The number of piperidine rings is 2. The van der Waals surface area contributed by atoms with Gasteiger partial charge in [0.05, 0.1) is 10.8 Å². The van der Waals surface area contributed by atoms with Gasteiger partial charge in [0.25, 0.3) is 5.91 Å². The Hall–Kier alpha value is -2.33. The maximum absolute atomic E-state index is 13.0. The van der Waals surface area contributed by atoms with Gasteiger partial charge in [-0.25, -0.2) is 8.42 Å². The summed E-state index contributed by atoms with van der Waals surface area (Å²) in [6, 6.07) is 4.59. The van der Waals surface area contributed by atoms with Crippen LogP contribution in [0.3, 0.4) is 0 Å². The highest BCUT2D eigenvalue weighted by atomic mass is 32.2. The molecule has 4 rings (SSSR count). The summed E-state index contributed by atoms with van der Waals surface area (Å²) in [5, 5.41) is 0. The molecule has 3 heterocycles. The highest BCUT2D eigenvalue weighted by Gasteiger charge is 2.34. The maximum Gasteiger partial charge on any atom is 0.309 e. The van der Waals surface area contributed by atoms with Crippen LogP contribution in [0.5, 0.6) is 11.5 Å². The Morgan fingerprint density at radius 1 is 0.968 bits per heavy atom. The Bertz CT molecular complexity index is 920. The zero-order valence-electron chi connectivity index (χ0n) is 17.5. The Kier molecular flexibility index (Phi) is 6.66. The number of nitrogens with zero attached hydrogens (tertiary/aromatic N) is 2. The van der Waals surface area contributed by atoms with Gasteiger partial charge in [-0.05, 0) is 44.2 Å². The van der Waals surface area contributed by atoms with E-state index >= 15 is 0 Å². The zero-order valence-corrected chi connectivity index (χ0v) is 18.3. The largest absolute Gasteiger partial charge is 0.486 e. The number of fused-ring (bicyclic) bond motifs is 1. The van der Waals surface area contributed by atoms with Crippen molar-refractivity contribution in [1.29, 1.82) is 0 Å². The number of sulfonamides is 1. The summed E-state index contributed by atoms with van der Waals surface area (Å²) >= 11 is 0. The van der Waals surface area contributed by atoms with Crippen molar-refractivity contribution in [3.63, 3.8) is 0 Å². The number of hydrogen-bond donors (Lipinski definition) is 0. The number of hydrogen-bond acceptors (Lipinski definition) is 7. The molecule has 1 aromatic rings. The molecule has 1 aromatic carbocycles. The fourth-order valence-corrected chi connectivity index (χ4v) is 5.64. The summed E-state index contributed by atoms with van der Waals surface area (Å²) in [6.07, 6.45) is 3.81. The van der Waals surface area contributed by atoms with Crippen LogP contribution in [0.2, 0.25) is 0 Å². The summed E-state index contributed by atoms with van der Waals surface area (Å²) in [5.41, 5.74) is 0. The molecule has 9 nitrogen and oxygen atoms in total. The molecule has 2 fully saturated rings. The molecule has 0 saturated carbocycles. The van der Waals surface area contributed by atoms with Crippen LogP contribution in [0.4, 0.5) is 0 Å². The van der Waals surface area contributed by atoms with Crippen LogP contribution in [0.15, 0.2) is 23.1 Å². The predicted molar refractivity (Wildman–Crippen MR) is 110 cm³/mol. The van der Waals surface area contributed by atoms with Gasteiger partial charge < -0.3 is 19.1 Å². The van der Waals surface area contributed by atoms with Crippen molar-refractivity contribution < 1.29 is 32.2 Å². The standard InChI is InChI=1S/C21H28N2O7S/c24-20(22-8-2-1-3-9-22)15-30-21(25)16-6-10-23(11-7-16)31(26,27)17-4-5-18-19(14-17)29-13-12-28-18/h4-5,14,16H,1-3,6-13,15H2. The molecule has 31 heavy (non-hydrogen) atoms. The van der Waals surface area contributed by atoms with Gasteiger partial charge in [0, 0.05) is 32.2 Å². The third kappa shape index (κ3) is 4.95. The zero-order chi connectivity index (χ0) is 21.8. The van der Waals surface area contributed by atoms with Gasteiger partial charge in [-0.15, -0.1) is 0 Å². The molecule has 0 spiro atoms. The molecular weight excluding hydrogens is 424 g/mol. The quantitative estimate of drug-likeness (QED) is 0.623. The van der Waals surface area contributed by atoms with Crippen LogP contribution >= 0.6 is 0 Å². The first-order valence-corrected chi connectivity index (χ1v) is 12.2. The van der Waals surface area contributed by atoms with Gasteiger partial charge in [0.1, 0.15) is 13.2 Å². The predicted octanol–water partition coefficient (Wildman–Crippen LogP) is 1.41. The first-order valence-electron chi connectivity index (χ1n) is 10.8. The number of esters is 1. The van der Waals surface area contributed by atoms with Crippen LogP contribution in [0.25, 0.3) is 0 Å². The first kappa shape index (κ1) is 21.9. The maximum atomic E-state index is 13.0. The highest BCUT2D eigenvalue weighted by molar-refractivity contribution is 7.89. The van der Waals surface area contributed by atoms with E-state index in [4.69, 9.17) is 14.2 Å². The third-order valence-corrected chi connectivity index (χ3v) is 7.88. The van der Waals surface area contributed by atoms with E-state index in [1.165, 1.54) is 16.4 Å². The van der Waals surface area contributed by atoms with E-state index in [0.717, 1.165) is 19.3 Å². The van der Waals surface area contributed by atoms with Crippen LogP contribution < -0.4 is 9.47 Å². The molecule has 0 radical (unpaired) electrons. The van der Waals surface area contributed by atoms with Gasteiger partial charge >= 0.3 is 5.97 Å². The van der Waals surface area contributed by atoms with Crippen molar-refractivity contribution in [3.8, 4) is 11.5 Å². The van der Waals surface area contributed by atoms with Crippen LogP contribution in [0.1, 0.15) is 32.1 Å². The van der Waals surface area contributed by atoms with Crippen molar-refractivity contribution in [1.82, 2.24) is 9.21 Å². The second-order valence-corrected chi connectivity index (χ2v) is 9.97. The van der Waals surface area contributed by atoms with E-state index in [-0.39, 0.29) is 30.5 Å². The second-order valence-electron chi connectivity index (χ2n) is 8.03. The van der Waals surface area contributed by atoms with Crippen LogP contribution in [-0.2, 0) is 24.3 Å². The third-order valence-electron chi connectivity index (χ3n) is 5.99. The number of carbonyl (C=O) groups excluding carboxylic acids is 2. The molecule has 3 aliphatic rings. The Morgan fingerprint density at radius 3 is 2.35 bits per heavy atom. The van der Waals surface area contributed by atoms with Gasteiger partial charge in [-0.3, -0.25) is 9.59 Å². The minimum absolute atomic E-state index is 0.143. The summed E-state index contributed by atoms with van der Waals surface area (Å²) in [4.78, 5) is 26.4. The number of benzene rings is 1. The minimum atomic E-state index is -3.70. The normalized spacial score (nSPS) is 20.3. The van der Waals surface area contributed by atoms with Crippen LogP contribution in [-0.4, -0.2) is 75.5 Å². The lowest BCUT2D eigenvalue weighted by Crippen LogP contribution is -2.42. The van der Waals surface area contributed by atoms with Crippen molar-refractivity contribution in [2.75, 3.05) is 46.0 Å². The average molecular weight is 453 g/mol. The number of amides is 1. The SMILES string of the molecule is O=C(OCC(=O)N1CCCCC1)C1CCN(S(=O)(=O)c2ccc3c(c2)OCCO3)CC1. The average Bonchev–Trinajstić information content (AvgIpc) is 2.82. The minimum Gasteiger partial charge on any atom is -0.486 e. The first-order chi connectivity index (χ1) is 14.9. The van der Waals surface area contributed by atoms with Gasteiger partial charge in [-0.1, -0.05) is 0 Å². The number of carbonyl (C=O) groups is 2. The second kappa shape index (κ2) is 9.44. The molecule has 0 unspecified atom stereocenters. The highest BCUT2D eigenvalue weighted by Crippen LogP contribution is 2.34. The molecule has 0 aliphatic carbocycles. The van der Waals surface area contributed by atoms with E-state index in [1.807, 2.05) is 0 Å². The Morgan fingerprint density at radius 2 is 1.65 bits per heavy atom. The van der Waals surface area contributed by atoms with E-state index in [1.54, 1.807) is 11.0 Å². The lowest BCUT2D eigenvalue weighted by atomic mass is 9.98. The van der Waals surface area contributed by atoms with Crippen molar-refractivity contribution in [3.05, 3.63) is 18.2 Å². The Balaban J connectivity index is 1.29. The van der Waals surface area contributed by atoms with E-state index < -0.39 is 21.9 Å². The van der Waals surface area contributed by atoms with E-state index in [0.29, 0.717) is 50.6 Å². The lowest BCUT2D eigenvalue weighted by molar-refractivity contribution is -0.156. The summed E-state index contributed by atoms with van der Waals surface area (Å²) in [5.74, 6) is -0.0378. The fraction of sp³-hybridized carbons (Fsp3) is 0.619. The van der Waals surface area contributed by atoms with Crippen LogP contribution in [0, 0.1) is 5.92 Å². The molecule has 0 atom stereocenters. The van der Waals surface area contributed by atoms with Crippen molar-refractivity contribution >= 4 is 21.9 Å². The molecule has 3 aliphatic heterocycles. The smallest absolute Gasteiger partial charge is 0.309 e. The molecule has 0 bridgehead atoms. The van der Waals surface area contributed by atoms with E-state index in [9.17, 15) is 18.0 Å². The van der Waals surface area contributed by atoms with E-state index in [2.05, 4.69) is 0 Å². The number of likely N-dealkylation sites (tertiary alicyclic amines) is 1. The molecule has 0 N–H and O–H groups in total. The molecule has 0 aromatic heterocycles. The van der Waals surface area contributed by atoms with Gasteiger partial charge in [0.2, 0.25) is 10.0 Å². The molecule has 2 saturated heterocycles. The molecule has 1 amide bonds. The van der Waals surface area contributed by atoms with Crippen molar-refractivity contribution in [2.45, 2.75) is 37.0 Å². The summed E-state index contributed by atoms with van der Waals surface area (Å²) < 4.78 is 43.5. The fourth-order valence-electron chi connectivity index (χ4n) is 4.15. The lowest BCUT2D eigenvalue weighted by Gasteiger charge is -2.31. The monoisotopic (exact) mass is 452 g/mol. The molecule has 170 valence electrons. The summed E-state index contributed by atoms with van der Waals surface area (Å²) in [6.45, 7) is 2.44. The Labute approximate surface area is 182 Å². The molecular formula is C21H28N2O7S. The number of rotatable bonds is 5. The van der Waals surface area contributed by atoms with Crippen molar-refractivity contribution in [2.24, 2.45) is 5.92 Å². The van der Waals surface area contributed by atoms with Gasteiger partial charge in [-0.2, -0.15) is 4.31 Å². The van der Waals surface area contributed by atoms with Gasteiger partial charge in [0.15, 0.2) is 18.1 Å². The topological polar surface area (TPSA) is 102 Å².